The zero-order valence-corrected chi connectivity index (χ0v) is 14.7. The number of rotatable bonds is 3. The summed E-state index contributed by atoms with van der Waals surface area (Å²) in [5.74, 6) is -1.27. The molecular weight excluding hydrogens is 386 g/mol. The minimum atomic E-state index is -0.656. The number of nitrogens with zero attached hydrogens (tertiary/aromatic N) is 2. The molecule has 0 radical (unpaired) electrons. The van der Waals surface area contributed by atoms with Crippen molar-refractivity contribution in [2.45, 2.75) is 0 Å². The van der Waals surface area contributed by atoms with Gasteiger partial charge in [0.15, 0.2) is 5.11 Å². The summed E-state index contributed by atoms with van der Waals surface area (Å²) in [6, 6.07) is 9.15. The summed E-state index contributed by atoms with van der Waals surface area (Å²) in [6.07, 6.45) is 1.31. The Bertz CT molecular complexity index is 937. The second-order valence-corrected chi connectivity index (χ2v) is 6.78. The van der Waals surface area contributed by atoms with Crippen LogP contribution in [-0.2, 0) is 9.59 Å². The monoisotopic (exact) mass is 393 g/mol. The van der Waals surface area contributed by atoms with E-state index in [1.807, 2.05) is 0 Å². The minimum absolute atomic E-state index is 0.0494. The Balaban J connectivity index is 1.98. The van der Waals surface area contributed by atoms with Crippen molar-refractivity contribution in [2.75, 3.05) is 4.90 Å². The second-order valence-electron chi connectivity index (χ2n) is 4.87. The van der Waals surface area contributed by atoms with Gasteiger partial charge < -0.3 is 0 Å². The highest BCUT2D eigenvalue weighted by molar-refractivity contribution is 7.80. The fourth-order valence-corrected chi connectivity index (χ4v) is 3.31. The summed E-state index contributed by atoms with van der Waals surface area (Å²) in [4.78, 5) is 36.6. The largest absolute Gasteiger partial charge is 0.324 e. The van der Waals surface area contributed by atoms with E-state index >= 15 is 0 Å². The van der Waals surface area contributed by atoms with Gasteiger partial charge in [-0.3, -0.25) is 29.9 Å². The van der Waals surface area contributed by atoms with E-state index in [0.717, 1.165) is 11.3 Å². The lowest BCUT2D eigenvalue weighted by atomic mass is 10.1. The van der Waals surface area contributed by atoms with Crippen molar-refractivity contribution in [3.8, 4) is 0 Å². The van der Waals surface area contributed by atoms with Crippen molar-refractivity contribution < 1.29 is 14.5 Å². The summed E-state index contributed by atoms with van der Waals surface area (Å²) in [5.41, 5.74) is 0.280. The summed E-state index contributed by atoms with van der Waals surface area (Å²) >= 11 is 11.8. The molecular formula is C15H8ClN3O4S2. The van der Waals surface area contributed by atoms with E-state index in [2.05, 4.69) is 5.32 Å². The van der Waals surface area contributed by atoms with Crippen molar-refractivity contribution in [3.63, 3.8) is 0 Å². The fraction of sp³-hybridized carbons (Fsp3) is 0. The molecule has 1 aliphatic rings. The Morgan fingerprint density at radius 1 is 1.20 bits per heavy atom. The molecule has 1 N–H and O–H groups in total. The lowest BCUT2D eigenvalue weighted by molar-refractivity contribution is -0.380. The maximum Gasteiger partial charge on any atom is 0.324 e. The molecule has 0 aliphatic carbocycles. The number of hydrogen-bond donors (Lipinski definition) is 1. The molecule has 3 rings (SSSR count). The molecule has 25 heavy (non-hydrogen) atoms. The molecule has 126 valence electrons. The van der Waals surface area contributed by atoms with Crippen LogP contribution in [0.3, 0.4) is 0 Å². The van der Waals surface area contributed by atoms with Gasteiger partial charge in [0, 0.05) is 16.0 Å². The smallest absolute Gasteiger partial charge is 0.298 e. The Morgan fingerprint density at radius 2 is 1.88 bits per heavy atom. The van der Waals surface area contributed by atoms with Crippen LogP contribution < -0.4 is 10.2 Å². The Morgan fingerprint density at radius 3 is 2.48 bits per heavy atom. The average molecular weight is 394 g/mol. The van der Waals surface area contributed by atoms with Crippen LogP contribution in [0.5, 0.6) is 0 Å². The number of anilines is 1. The number of hydrogen-bond acceptors (Lipinski definition) is 6. The molecule has 10 heteroatoms. The standard InChI is InChI=1S/C15H8ClN3O4S2/c16-8-1-3-9(4-2-8)18-14(21)11(13(20)17-15(18)24)7-10-5-6-12(25-10)19(22)23/h1-7H,(H,17,20,24). The van der Waals surface area contributed by atoms with Crippen LogP contribution >= 0.6 is 35.2 Å². The van der Waals surface area contributed by atoms with E-state index in [4.69, 9.17) is 23.8 Å². The lowest BCUT2D eigenvalue weighted by Crippen LogP contribution is -2.54. The van der Waals surface area contributed by atoms with Crippen LogP contribution in [0.25, 0.3) is 6.08 Å². The van der Waals surface area contributed by atoms with Crippen LogP contribution in [-0.4, -0.2) is 21.9 Å². The normalized spacial score (nSPS) is 16.3. The molecule has 1 aromatic carbocycles. The van der Waals surface area contributed by atoms with Crippen LogP contribution in [0.2, 0.25) is 5.02 Å². The highest BCUT2D eigenvalue weighted by Crippen LogP contribution is 2.28. The van der Waals surface area contributed by atoms with E-state index in [-0.39, 0.29) is 15.7 Å². The van der Waals surface area contributed by atoms with Gasteiger partial charge in [-0.2, -0.15) is 0 Å². The number of nitrogens with one attached hydrogen (secondary N) is 1. The molecule has 0 atom stereocenters. The lowest BCUT2D eigenvalue weighted by Gasteiger charge is -2.28. The van der Waals surface area contributed by atoms with Crippen molar-refractivity contribution in [2.24, 2.45) is 0 Å². The highest BCUT2D eigenvalue weighted by Gasteiger charge is 2.34. The fourth-order valence-electron chi connectivity index (χ4n) is 2.14. The van der Waals surface area contributed by atoms with Crippen LogP contribution in [0, 0.1) is 10.1 Å². The van der Waals surface area contributed by atoms with E-state index < -0.39 is 16.7 Å². The topological polar surface area (TPSA) is 92.6 Å². The number of thiocarbonyl (C=S) groups is 1. The zero-order valence-electron chi connectivity index (χ0n) is 12.3. The van der Waals surface area contributed by atoms with Gasteiger partial charge in [0.25, 0.3) is 11.8 Å². The Labute approximate surface area is 155 Å². The molecule has 2 amide bonds. The zero-order chi connectivity index (χ0) is 18.1. The third kappa shape index (κ3) is 3.43. The molecule has 2 heterocycles. The first-order valence-corrected chi connectivity index (χ1v) is 8.38. The molecule has 0 unspecified atom stereocenters. The van der Waals surface area contributed by atoms with Gasteiger partial charge in [-0.05, 0) is 48.6 Å². The molecule has 0 saturated carbocycles. The first kappa shape index (κ1) is 17.2. The predicted octanol–water partition coefficient (Wildman–Crippen LogP) is 3.14. The molecule has 1 aromatic heterocycles. The number of carbonyl (C=O) groups excluding carboxylic acids is 2. The summed E-state index contributed by atoms with van der Waals surface area (Å²) in [5, 5.41) is 13.6. The number of nitro groups is 1. The molecule has 2 aromatic rings. The van der Waals surface area contributed by atoms with Gasteiger partial charge in [0.2, 0.25) is 0 Å². The van der Waals surface area contributed by atoms with Crippen LogP contribution in [0.4, 0.5) is 10.7 Å². The Hall–Kier alpha value is -2.62. The maximum absolute atomic E-state index is 12.7. The van der Waals surface area contributed by atoms with E-state index in [0.29, 0.717) is 15.6 Å². The van der Waals surface area contributed by atoms with Crippen LogP contribution in [0.15, 0.2) is 42.0 Å². The number of benzene rings is 1. The number of halogens is 1. The average Bonchev–Trinajstić information content (AvgIpc) is 3.02. The molecule has 1 aliphatic heterocycles. The third-order valence-corrected chi connectivity index (χ3v) is 4.79. The first-order chi connectivity index (χ1) is 11.9. The van der Waals surface area contributed by atoms with Crippen molar-refractivity contribution in [1.29, 1.82) is 0 Å². The van der Waals surface area contributed by atoms with Gasteiger partial charge in [-0.15, -0.1) is 0 Å². The second kappa shape index (κ2) is 6.71. The quantitative estimate of drug-likeness (QED) is 0.284. The first-order valence-electron chi connectivity index (χ1n) is 6.78. The van der Waals surface area contributed by atoms with Gasteiger partial charge in [0.1, 0.15) is 5.57 Å². The maximum atomic E-state index is 12.7. The van der Waals surface area contributed by atoms with Gasteiger partial charge >= 0.3 is 5.00 Å². The predicted molar refractivity (Wildman–Crippen MR) is 98.6 cm³/mol. The third-order valence-electron chi connectivity index (χ3n) is 3.27. The minimum Gasteiger partial charge on any atom is -0.298 e. The van der Waals surface area contributed by atoms with Crippen molar-refractivity contribution in [3.05, 3.63) is 62.0 Å². The van der Waals surface area contributed by atoms with Gasteiger partial charge in [0.05, 0.1) is 10.6 Å². The van der Waals surface area contributed by atoms with E-state index in [9.17, 15) is 19.7 Å². The molecule has 0 spiro atoms. The summed E-state index contributed by atoms with van der Waals surface area (Å²) in [6.45, 7) is 0. The van der Waals surface area contributed by atoms with Crippen molar-refractivity contribution in [1.82, 2.24) is 5.32 Å². The summed E-state index contributed by atoms with van der Waals surface area (Å²) in [7, 11) is 0. The van der Waals surface area contributed by atoms with Crippen molar-refractivity contribution >= 4 is 68.8 Å². The molecule has 0 bridgehead atoms. The molecule has 7 nitrogen and oxygen atoms in total. The summed E-state index contributed by atoms with van der Waals surface area (Å²) < 4.78 is 0. The molecule has 1 saturated heterocycles. The number of thiophene rings is 1. The van der Waals surface area contributed by atoms with E-state index in [1.54, 1.807) is 24.3 Å². The number of carbonyl (C=O) groups is 2. The SMILES string of the molecule is O=C1NC(=S)N(c2ccc(Cl)cc2)C(=O)C1=Cc1ccc([N+](=O)[O-])s1. The van der Waals surface area contributed by atoms with Gasteiger partial charge in [-0.25, -0.2) is 0 Å². The van der Waals surface area contributed by atoms with E-state index in [1.165, 1.54) is 23.1 Å². The number of amides is 2. The van der Waals surface area contributed by atoms with Crippen LogP contribution in [0.1, 0.15) is 4.88 Å². The molecule has 1 fully saturated rings. The Kier molecular flexibility index (Phi) is 4.62. The van der Waals surface area contributed by atoms with Gasteiger partial charge in [-0.1, -0.05) is 22.9 Å². The highest BCUT2D eigenvalue weighted by atomic mass is 35.5.